The average molecular weight is 171 g/mol. The summed E-state index contributed by atoms with van der Waals surface area (Å²) in [5.74, 6) is -0.0152. The van der Waals surface area contributed by atoms with Gasteiger partial charge in [-0.2, -0.15) is 0 Å². The first-order valence-electron chi connectivity index (χ1n) is 3.81. The van der Waals surface area contributed by atoms with Crippen LogP contribution in [0.1, 0.15) is 6.92 Å². The van der Waals surface area contributed by atoms with Crippen LogP contribution in [0.4, 0.5) is 4.79 Å². The van der Waals surface area contributed by atoms with E-state index in [-0.39, 0.29) is 18.0 Å². The molecule has 0 spiro atoms. The predicted octanol–water partition coefficient (Wildman–Crippen LogP) is -0.554. The fourth-order valence-electron chi connectivity index (χ4n) is 1.26. The summed E-state index contributed by atoms with van der Waals surface area (Å²) >= 11 is 0. The van der Waals surface area contributed by atoms with Gasteiger partial charge in [0.15, 0.2) is 0 Å². The second kappa shape index (κ2) is 3.00. The van der Waals surface area contributed by atoms with E-state index in [1.54, 1.807) is 21.0 Å². The molecule has 0 bridgehead atoms. The van der Waals surface area contributed by atoms with E-state index in [1.165, 1.54) is 9.80 Å². The fourth-order valence-corrected chi connectivity index (χ4v) is 1.26. The van der Waals surface area contributed by atoms with Crippen LogP contribution in [0, 0.1) is 0 Å². The van der Waals surface area contributed by atoms with Gasteiger partial charge >= 0.3 is 6.03 Å². The molecule has 1 rings (SSSR count). The second-order valence-corrected chi connectivity index (χ2v) is 2.88. The summed E-state index contributed by atoms with van der Waals surface area (Å²) in [6.45, 7) is 2.10. The highest BCUT2D eigenvalue weighted by Crippen LogP contribution is 2.11. The Labute approximate surface area is 71.3 Å². The monoisotopic (exact) mass is 171 g/mol. The smallest absolute Gasteiger partial charge is 0.319 e. The zero-order valence-corrected chi connectivity index (χ0v) is 7.50. The van der Waals surface area contributed by atoms with E-state index in [4.69, 9.17) is 0 Å². The minimum absolute atomic E-state index is 0.0152. The van der Waals surface area contributed by atoms with Crippen molar-refractivity contribution in [1.29, 1.82) is 0 Å². The lowest BCUT2D eigenvalue weighted by Crippen LogP contribution is -2.41. The maximum atomic E-state index is 11.2. The molecule has 1 heterocycles. The van der Waals surface area contributed by atoms with Crippen molar-refractivity contribution in [2.24, 2.45) is 0 Å². The van der Waals surface area contributed by atoms with Gasteiger partial charge in [0.25, 0.3) is 0 Å². The molecule has 1 saturated heterocycles. The molecule has 12 heavy (non-hydrogen) atoms. The van der Waals surface area contributed by atoms with E-state index in [9.17, 15) is 9.59 Å². The molecular weight excluding hydrogens is 158 g/mol. The Kier molecular flexibility index (Phi) is 2.21. The molecule has 1 aliphatic rings. The van der Waals surface area contributed by atoms with Crippen molar-refractivity contribution in [3.8, 4) is 0 Å². The van der Waals surface area contributed by atoms with Crippen molar-refractivity contribution < 1.29 is 9.59 Å². The van der Waals surface area contributed by atoms with Gasteiger partial charge in [-0.1, -0.05) is 0 Å². The maximum Gasteiger partial charge on any atom is 0.319 e. The second-order valence-electron chi connectivity index (χ2n) is 2.88. The van der Waals surface area contributed by atoms with Crippen molar-refractivity contribution in [1.82, 2.24) is 15.1 Å². The number of rotatable bonds is 0. The van der Waals surface area contributed by atoms with Crippen LogP contribution in [0.25, 0.3) is 0 Å². The van der Waals surface area contributed by atoms with E-state index < -0.39 is 0 Å². The molecule has 0 aromatic heterocycles. The summed E-state index contributed by atoms with van der Waals surface area (Å²) in [5, 5.41) is 2.49. The van der Waals surface area contributed by atoms with Crippen LogP contribution in [0.15, 0.2) is 0 Å². The molecular formula is C7H13N3O2. The number of nitrogens with one attached hydrogen (secondary N) is 1. The third-order valence-electron chi connectivity index (χ3n) is 2.04. The van der Waals surface area contributed by atoms with Gasteiger partial charge in [0.05, 0.1) is 6.67 Å². The molecule has 5 heteroatoms. The van der Waals surface area contributed by atoms with Crippen molar-refractivity contribution in [3.05, 3.63) is 0 Å². The van der Waals surface area contributed by atoms with Gasteiger partial charge in [0, 0.05) is 14.1 Å². The zero-order valence-electron chi connectivity index (χ0n) is 7.50. The van der Waals surface area contributed by atoms with Crippen LogP contribution in [-0.2, 0) is 4.79 Å². The van der Waals surface area contributed by atoms with Crippen LogP contribution >= 0.6 is 0 Å². The number of carbonyl (C=O) groups is 2. The predicted molar refractivity (Wildman–Crippen MR) is 43.4 cm³/mol. The SMILES string of the molecule is CNC(=O)N1CN(C)C(=O)C1C. The molecule has 5 nitrogen and oxygen atoms in total. The number of urea groups is 1. The minimum Gasteiger partial charge on any atom is -0.341 e. The Bertz CT molecular complexity index is 217. The van der Waals surface area contributed by atoms with Crippen LogP contribution in [0.5, 0.6) is 0 Å². The molecule has 0 aromatic rings. The van der Waals surface area contributed by atoms with Crippen molar-refractivity contribution in [3.63, 3.8) is 0 Å². The first-order chi connectivity index (χ1) is 5.57. The summed E-state index contributed by atoms with van der Waals surface area (Å²) in [4.78, 5) is 25.4. The number of hydrogen-bond acceptors (Lipinski definition) is 2. The third-order valence-corrected chi connectivity index (χ3v) is 2.04. The molecule has 68 valence electrons. The minimum atomic E-state index is -0.338. The van der Waals surface area contributed by atoms with Crippen molar-refractivity contribution >= 4 is 11.9 Å². The van der Waals surface area contributed by atoms with E-state index in [0.29, 0.717) is 6.67 Å². The lowest BCUT2D eigenvalue weighted by Gasteiger charge is -2.17. The lowest BCUT2D eigenvalue weighted by atomic mass is 10.3. The quantitative estimate of drug-likeness (QED) is 0.531. The molecule has 0 saturated carbocycles. The van der Waals surface area contributed by atoms with Crippen LogP contribution < -0.4 is 5.32 Å². The Morgan fingerprint density at radius 1 is 1.67 bits per heavy atom. The third kappa shape index (κ3) is 1.22. The maximum absolute atomic E-state index is 11.2. The van der Waals surface area contributed by atoms with E-state index in [0.717, 1.165) is 0 Å². The first-order valence-corrected chi connectivity index (χ1v) is 3.81. The highest BCUT2D eigenvalue weighted by atomic mass is 16.2. The highest BCUT2D eigenvalue weighted by Gasteiger charge is 2.35. The van der Waals surface area contributed by atoms with Gasteiger partial charge in [-0.05, 0) is 6.92 Å². The van der Waals surface area contributed by atoms with Gasteiger partial charge in [-0.15, -0.1) is 0 Å². The average Bonchev–Trinajstić information content (AvgIpc) is 2.32. The van der Waals surface area contributed by atoms with Gasteiger partial charge in [0.1, 0.15) is 6.04 Å². The normalized spacial score (nSPS) is 23.2. The molecule has 0 aromatic carbocycles. The standard InChI is InChI=1S/C7H13N3O2/c1-5-6(11)9(3)4-10(5)7(12)8-2/h5H,4H2,1-3H3,(H,8,12). The van der Waals surface area contributed by atoms with E-state index in [2.05, 4.69) is 5.32 Å². The Morgan fingerprint density at radius 3 is 2.58 bits per heavy atom. The molecule has 0 aliphatic carbocycles. The highest BCUT2D eigenvalue weighted by molar-refractivity contribution is 5.89. The Balaban J connectivity index is 2.71. The molecule has 1 N–H and O–H groups in total. The molecule has 0 radical (unpaired) electrons. The molecule has 3 amide bonds. The van der Waals surface area contributed by atoms with Crippen molar-refractivity contribution in [2.45, 2.75) is 13.0 Å². The summed E-state index contributed by atoms with van der Waals surface area (Å²) in [5.41, 5.74) is 0. The topological polar surface area (TPSA) is 52.7 Å². The molecule has 1 atom stereocenters. The largest absolute Gasteiger partial charge is 0.341 e. The number of carbonyl (C=O) groups excluding carboxylic acids is 2. The number of amides is 3. The lowest BCUT2D eigenvalue weighted by molar-refractivity contribution is -0.127. The summed E-state index contributed by atoms with van der Waals surface area (Å²) in [6.07, 6.45) is 0. The Hall–Kier alpha value is -1.26. The number of hydrogen-bond donors (Lipinski definition) is 1. The number of nitrogens with zero attached hydrogens (tertiary/aromatic N) is 2. The van der Waals surface area contributed by atoms with Crippen molar-refractivity contribution in [2.75, 3.05) is 20.8 Å². The Morgan fingerprint density at radius 2 is 2.25 bits per heavy atom. The van der Waals surface area contributed by atoms with Crippen LogP contribution in [0.3, 0.4) is 0 Å². The first kappa shape index (κ1) is 8.83. The van der Waals surface area contributed by atoms with Crippen LogP contribution in [-0.4, -0.2) is 48.5 Å². The zero-order chi connectivity index (χ0) is 9.30. The van der Waals surface area contributed by atoms with Gasteiger partial charge in [-0.3, -0.25) is 9.69 Å². The molecule has 1 fully saturated rings. The van der Waals surface area contributed by atoms with Crippen LogP contribution in [0.2, 0.25) is 0 Å². The summed E-state index contributed by atoms with van der Waals surface area (Å²) in [7, 11) is 3.24. The summed E-state index contributed by atoms with van der Waals surface area (Å²) in [6, 6.07) is -0.546. The summed E-state index contributed by atoms with van der Waals surface area (Å²) < 4.78 is 0. The molecule has 1 unspecified atom stereocenters. The van der Waals surface area contributed by atoms with Gasteiger partial charge in [-0.25, -0.2) is 4.79 Å². The van der Waals surface area contributed by atoms with E-state index >= 15 is 0 Å². The van der Waals surface area contributed by atoms with Gasteiger partial charge < -0.3 is 10.2 Å². The van der Waals surface area contributed by atoms with E-state index in [1.807, 2.05) is 0 Å². The number of likely N-dealkylation sites (N-methyl/N-ethyl adjacent to an activating group) is 1. The molecule has 1 aliphatic heterocycles. The fraction of sp³-hybridized carbons (Fsp3) is 0.714. The van der Waals surface area contributed by atoms with Gasteiger partial charge in [0.2, 0.25) is 5.91 Å².